The molecule has 2 N–H and O–H groups in total. The van der Waals surface area contributed by atoms with Crippen LogP contribution in [0.15, 0.2) is 78.9 Å². The lowest BCUT2D eigenvalue weighted by molar-refractivity contribution is -0.149. The van der Waals surface area contributed by atoms with Gasteiger partial charge in [-0.05, 0) is 48.9 Å². The maximum atomic E-state index is 12.2. The fourth-order valence-electron chi connectivity index (χ4n) is 3.20. The summed E-state index contributed by atoms with van der Waals surface area (Å²) in [7, 11) is 1.57. The third-order valence-electron chi connectivity index (χ3n) is 5.03. The number of nitrogens with one attached hydrogen (secondary N) is 2. The van der Waals surface area contributed by atoms with Crippen molar-refractivity contribution in [3.8, 4) is 17.2 Å². The number of hydrogen-bond donors (Lipinski definition) is 2. The largest absolute Gasteiger partial charge is 0.493 e. The molecule has 0 saturated carbocycles. The zero-order chi connectivity index (χ0) is 25.0. The van der Waals surface area contributed by atoms with Gasteiger partial charge in [0, 0.05) is 12.1 Å². The molecule has 0 radical (unpaired) electrons. The van der Waals surface area contributed by atoms with Crippen molar-refractivity contribution in [1.82, 2.24) is 5.32 Å². The summed E-state index contributed by atoms with van der Waals surface area (Å²) in [5.74, 6) is 0.393. The number of anilines is 1. The maximum Gasteiger partial charge on any atom is 0.306 e. The molecule has 0 unspecified atom stereocenters. The van der Waals surface area contributed by atoms with E-state index in [1.54, 1.807) is 43.5 Å². The van der Waals surface area contributed by atoms with E-state index in [1.165, 1.54) is 0 Å². The van der Waals surface area contributed by atoms with Crippen molar-refractivity contribution in [2.24, 2.45) is 0 Å². The number of rotatable bonds is 11. The average Bonchev–Trinajstić information content (AvgIpc) is 2.88. The van der Waals surface area contributed by atoms with Crippen LogP contribution in [0.25, 0.3) is 0 Å². The van der Waals surface area contributed by atoms with E-state index in [1.807, 2.05) is 49.4 Å². The lowest BCUT2D eigenvalue weighted by atomic mass is 10.1. The molecule has 0 aliphatic rings. The van der Waals surface area contributed by atoms with Gasteiger partial charge in [0.25, 0.3) is 5.91 Å². The van der Waals surface area contributed by atoms with Gasteiger partial charge in [-0.25, -0.2) is 0 Å². The van der Waals surface area contributed by atoms with Gasteiger partial charge >= 0.3 is 5.97 Å². The van der Waals surface area contributed by atoms with E-state index in [4.69, 9.17) is 14.2 Å². The first-order valence-corrected chi connectivity index (χ1v) is 11.2. The molecule has 2 amide bonds. The van der Waals surface area contributed by atoms with E-state index < -0.39 is 18.5 Å². The highest BCUT2D eigenvalue weighted by Gasteiger charge is 2.13. The van der Waals surface area contributed by atoms with E-state index in [0.717, 1.165) is 5.56 Å². The van der Waals surface area contributed by atoms with Gasteiger partial charge in [0.15, 0.2) is 18.1 Å². The zero-order valence-corrected chi connectivity index (χ0v) is 19.7. The molecule has 8 heteroatoms. The molecule has 182 valence electrons. The Hall–Kier alpha value is -4.33. The Morgan fingerprint density at radius 2 is 1.46 bits per heavy atom. The Bertz CT molecular complexity index is 1130. The third kappa shape index (κ3) is 8.19. The van der Waals surface area contributed by atoms with Gasteiger partial charge < -0.3 is 24.8 Å². The van der Waals surface area contributed by atoms with Crippen LogP contribution in [0, 0.1) is 0 Å². The van der Waals surface area contributed by atoms with Crippen LogP contribution in [0.2, 0.25) is 0 Å². The van der Waals surface area contributed by atoms with Crippen molar-refractivity contribution in [2.75, 3.05) is 19.0 Å². The summed E-state index contributed by atoms with van der Waals surface area (Å²) in [6, 6.07) is 23.3. The summed E-state index contributed by atoms with van der Waals surface area (Å²) in [6.45, 7) is 1.45. The highest BCUT2D eigenvalue weighted by molar-refractivity contribution is 5.92. The number of methoxy groups -OCH3 is 1. The number of carbonyl (C=O) groups excluding carboxylic acids is 3. The van der Waals surface area contributed by atoms with Crippen LogP contribution in [-0.4, -0.2) is 31.5 Å². The van der Waals surface area contributed by atoms with Gasteiger partial charge in [-0.3, -0.25) is 14.4 Å². The molecule has 0 saturated heterocycles. The first-order chi connectivity index (χ1) is 16.9. The monoisotopic (exact) mass is 476 g/mol. The van der Waals surface area contributed by atoms with Crippen LogP contribution in [0.5, 0.6) is 17.2 Å². The summed E-state index contributed by atoms with van der Waals surface area (Å²) in [4.78, 5) is 36.1. The molecule has 0 fully saturated rings. The van der Waals surface area contributed by atoms with Crippen molar-refractivity contribution >= 4 is 23.5 Å². The highest BCUT2D eigenvalue weighted by atomic mass is 16.5. The lowest BCUT2D eigenvalue weighted by Crippen LogP contribution is -2.31. The molecular weight excluding hydrogens is 448 g/mol. The molecule has 0 spiro atoms. The van der Waals surface area contributed by atoms with Crippen molar-refractivity contribution in [2.45, 2.75) is 25.8 Å². The highest BCUT2D eigenvalue weighted by Crippen LogP contribution is 2.31. The van der Waals surface area contributed by atoms with Crippen molar-refractivity contribution in [3.63, 3.8) is 0 Å². The van der Waals surface area contributed by atoms with Crippen LogP contribution in [0.3, 0.4) is 0 Å². The first kappa shape index (κ1) is 25.3. The minimum atomic E-state index is -0.622. The van der Waals surface area contributed by atoms with Crippen LogP contribution in [0.1, 0.15) is 31.4 Å². The minimum Gasteiger partial charge on any atom is -0.493 e. The molecule has 3 aromatic carbocycles. The Morgan fingerprint density at radius 3 is 2.14 bits per heavy atom. The first-order valence-electron chi connectivity index (χ1n) is 11.2. The fourth-order valence-corrected chi connectivity index (χ4v) is 3.20. The Labute approximate surface area is 204 Å². The molecule has 3 aromatic rings. The number of para-hydroxylation sites is 2. The topological polar surface area (TPSA) is 103 Å². The summed E-state index contributed by atoms with van der Waals surface area (Å²) in [6.07, 6.45) is -0.206. The van der Waals surface area contributed by atoms with Gasteiger partial charge in [0.1, 0.15) is 5.75 Å². The molecule has 35 heavy (non-hydrogen) atoms. The molecule has 8 nitrogen and oxygen atoms in total. The summed E-state index contributed by atoms with van der Waals surface area (Å²) < 4.78 is 16.0. The summed E-state index contributed by atoms with van der Waals surface area (Å²) in [5.41, 5.74) is 1.51. The van der Waals surface area contributed by atoms with E-state index in [-0.39, 0.29) is 24.8 Å². The number of carbonyl (C=O) groups is 3. The van der Waals surface area contributed by atoms with E-state index in [9.17, 15) is 14.4 Å². The molecule has 0 heterocycles. The predicted molar refractivity (Wildman–Crippen MR) is 131 cm³/mol. The molecule has 0 aliphatic carbocycles. The molecule has 3 rings (SSSR count). The second-order valence-corrected chi connectivity index (χ2v) is 7.69. The lowest BCUT2D eigenvalue weighted by Gasteiger charge is -2.14. The van der Waals surface area contributed by atoms with Crippen molar-refractivity contribution in [1.29, 1.82) is 0 Å². The van der Waals surface area contributed by atoms with Crippen LogP contribution in [0.4, 0.5) is 5.69 Å². The third-order valence-corrected chi connectivity index (χ3v) is 5.03. The maximum absolute atomic E-state index is 12.2. The Balaban J connectivity index is 1.37. The molecular formula is C27H28N2O6. The summed E-state index contributed by atoms with van der Waals surface area (Å²) >= 11 is 0. The van der Waals surface area contributed by atoms with Gasteiger partial charge in [0.2, 0.25) is 5.91 Å². The Kier molecular flexibility index (Phi) is 9.24. The Morgan fingerprint density at radius 1 is 0.800 bits per heavy atom. The molecule has 0 aliphatic heterocycles. The van der Waals surface area contributed by atoms with E-state index in [2.05, 4.69) is 10.6 Å². The number of benzene rings is 3. The van der Waals surface area contributed by atoms with Gasteiger partial charge in [-0.15, -0.1) is 0 Å². The van der Waals surface area contributed by atoms with E-state index in [0.29, 0.717) is 22.9 Å². The number of ether oxygens (including phenoxy) is 3. The average molecular weight is 477 g/mol. The minimum absolute atomic E-state index is 0.0691. The predicted octanol–water partition coefficient (Wildman–Crippen LogP) is 4.63. The second kappa shape index (κ2) is 12.8. The molecule has 1 atom stereocenters. The van der Waals surface area contributed by atoms with Crippen molar-refractivity contribution < 1.29 is 28.6 Å². The van der Waals surface area contributed by atoms with E-state index >= 15 is 0 Å². The number of hydrogen-bond acceptors (Lipinski definition) is 6. The van der Waals surface area contributed by atoms with Crippen LogP contribution in [-0.2, 0) is 19.1 Å². The number of amides is 2. The molecule has 0 bridgehead atoms. The van der Waals surface area contributed by atoms with Gasteiger partial charge in [-0.1, -0.05) is 42.5 Å². The zero-order valence-electron chi connectivity index (χ0n) is 19.7. The number of esters is 1. The normalized spacial score (nSPS) is 11.1. The smallest absolute Gasteiger partial charge is 0.306 e. The fraction of sp³-hybridized carbons (Fsp3) is 0.222. The van der Waals surface area contributed by atoms with Crippen molar-refractivity contribution in [3.05, 3.63) is 84.4 Å². The quantitative estimate of drug-likeness (QED) is 0.391. The molecule has 0 aromatic heterocycles. The van der Waals surface area contributed by atoms with Gasteiger partial charge in [0.05, 0.1) is 19.6 Å². The van der Waals surface area contributed by atoms with Crippen LogP contribution < -0.4 is 20.1 Å². The second-order valence-electron chi connectivity index (χ2n) is 7.69. The standard InChI is InChI=1S/C27H28N2O6/c1-19(20-8-4-3-5-9-20)28-26(31)18-34-27(32)17-16-25(30)29-21-12-14-22(15-13-21)35-24-11-7-6-10-23(24)33-2/h3-15,19H,16-18H2,1-2H3,(H,28,31)(H,29,30)/t19-/m0/s1. The SMILES string of the molecule is COc1ccccc1Oc1ccc(NC(=O)CCC(=O)OCC(=O)N[C@@H](C)c2ccccc2)cc1. The van der Waals surface area contributed by atoms with Crippen LogP contribution >= 0.6 is 0 Å². The van der Waals surface area contributed by atoms with Gasteiger partial charge in [-0.2, -0.15) is 0 Å². The summed E-state index contributed by atoms with van der Waals surface area (Å²) in [5, 5.41) is 5.48.